The van der Waals surface area contributed by atoms with Gasteiger partial charge in [0.2, 0.25) is 5.91 Å². The van der Waals surface area contributed by atoms with Crippen molar-refractivity contribution < 1.29 is 19.1 Å². The van der Waals surface area contributed by atoms with Crippen LogP contribution in [0.1, 0.15) is 10.4 Å². The van der Waals surface area contributed by atoms with E-state index in [1.54, 1.807) is 62.7 Å². The van der Waals surface area contributed by atoms with Gasteiger partial charge in [-0.1, -0.05) is 17.7 Å². The Morgan fingerprint density at radius 1 is 1.12 bits per heavy atom. The van der Waals surface area contributed by atoms with E-state index >= 15 is 0 Å². The third kappa shape index (κ3) is 5.97. The molecule has 0 aliphatic heterocycles. The van der Waals surface area contributed by atoms with Crippen LogP contribution in [0.2, 0.25) is 5.02 Å². The standard InChI is InChI=1S/C19H21ClN2O4/c1-22(10-11-26-17-8-6-16(25-2)7-9-17)18(23)13-21-19(24)14-4-3-5-15(20)12-14/h3-9,12H,10-11,13H2,1-2H3,(H,21,24). The van der Waals surface area contributed by atoms with Gasteiger partial charge in [-0.3, -0.25) is 9.59 Å². The molecule has 26 heavy (non-hydrogen) atoms. The molecule has 2 aromatic rings. The quantitative estimate of drug-likeness (QED) is 0.769. The zero-order valence-corrected chi connectivity index (χ0v) is 15.5. The summed E-state index contributed by atoms with van der Waals surface area (Å²) in [6, 6.07) is 13.7. The molecule has 0 fully saturated rings. The Bertz CT molecular complexity index is 749. The first kappa shape index (κ1) is 19.6. The molecule has 1 N–H and O–H groups in total. The van der Waals surface area contributed by atoms with Crippen molar-refractivity contribution in [2.24, 2.45) is 0 Å². The minimum Gasteiger partial charge on any atom is -0.497 e. The van der Waals surface area contributed by atoms with Crippen molar-refractivity contribution in [1.82, 2.24) is 10.2 Å². The second kappa shape index (κ2) is 9.68. The van der Waals surface area contributed by atoms with Gasteiger partial charge >= 0.3 is 0 Å². The van der Waals surface area contributed by atoms with E-state index in [9.17, 15) is 9.59 Å². The molecule has 0 aliphatic rings. The Hall–Kier alpha value is -2.73. The summed E-state index contributed by atoms with van der Waals surface area (Å²) in [6.07, 6.45) is 0. The Balaban J connectivity index is 1.72. The number of carbonyl (C=O) groups is 2. The van der Waals surface area contributed by atoms with E-state index in [1.807, 2.05) is 0 Å². The van der Waals surface area contributed by atoms with Crippen molar-refractivity contribution in [3.63, 3.8) is 0 Å². The van der Waals surface area contributed by atoms with E-state index in [4.69, 9.17) is 21.1 Å². The number of ether oxygens (including phenoxy) is 2. The lowest BCUT2D eigenvalue weighted by Gasteiger charge is -2.18. The van der Waals surface area contributed by atoms with Gasteiger partial charge in [0.1, 0.15) is 18.1 Å². The fourth-order valence-corrected chi connectivity index (χ4v) is 2.31. The number of nitrogens with one attached hydrogen (secondary N) is 1. The van der Waals surface area contributed by atoms with Crippen LogP contribution >= 0.6 is 11.6 Å². The molecule has 138 valence electrons. The molecule has 0 spiro atoms. The molecular weight excluding hydrogens is 356 g/mol. The van der Waals surface area contributed by atoms with E-state index in [0.29, 0.717) is 29.5 Å². The van der Waals surface area contributed by atoms with Crippen molar-refractivity contribution in [1.29, 1.82) is 0 Å². The highest BCUT2D eigenvalue weighted by molar-refractivity contribution is 6.30. The number of halogens is 1. The SMILES string of the molecule is COc1ccc(OCCN(C)C(=O)CNC(=O)c2cccc(Cl)c2)cc1. The summed E-state index contributed by atoms with van der Waals surface area (Å²) >= 11 is 5.85. The zero-order chi connectivity index (χ0) is 18.9. The summed E-state index contributed by atoms with van der Waals surface area (Å²) in [6.45, 7) is 0.652. The third-order valence-electron chi connectivity index (χ3n) is 3.67. The molecule has 0 bridgehead atoms. The first-order valence-electron chi connectivity index (χ1n) is 8.04. The number of hydrogen-bond acceptors (Lipinski definition) is 4. The molecule has 0 unspecified atom stereocenters. The Morgan fingerprint density at radius 3 is 2.46 bits per heavy atom. The summed E-state index contributed by atoms with van der Waals surface area (Å²) < 4.78 is 10.7. The highest BCUT2D eigenvalue weighted by atomic mass is 35.5. The number of amides is 2. The van der Waals surface area contributed by atoms with E-state index in [2.05, 4.69) is 5.32 Å². The predicted molar refractivity (Wildman–Crippen MR) is 99.9 cm³/mol. The maximum atomic E-state index is 12.1. The van der Waals surface area contributed by atoms with Gasteiger partial charge in [-0.25, -0.2) is 0 Å². The molecule has 0 aromatic heterocycles. The Labute approximate surface area is 157 Å². The molecule has 0 atom stereocenters. The molecule has 0 heterocycles. The van der Waals surface area contributed by atoms with E-state index in [1.165, 1.54) is 4.90 Å². The largest absolute Gasteiger partial charge is 0.497 e. The van der Waals surface area contributed by atoms with Crippen LogP contribution in [0, 0.1) is 0 Å². The topological polar surface area (TPSA) is 67.9 Å². The van der Waals surface area contributed by atoms with Crippen LogP contribution in [-0.4, -0.2) is 50.6 Å². The number of hydrogen-bond donors (Lipinski definition) is 1. The van der Waals surface area contributed by atoms with Crippen LogP contribution in [-0.2, 0) is 4.79 Å². The van der Waals surface area contributed by atoms with Gasteiger partial charge in [0.15, 0.2) is 0 Å². The number of benzene rings is 2. The molecular formula is C19H21ClN2O4. The number of carbonyl (C=O) groups excluding carboxylic acids is 2. The number of nitrogens with zero attached hydrogens (tertiary/aromatic N) is 1. The number of rotatable bonds is 8. The van der Waals surface area contributed by atoms with Crippen molar-refractivity contribution in [2.45, 2.75) is 0 Å². The molecule has 2 aromatic carbocycles. The molecule has 0 aliphatic carbocycles. The first-order valence-corrected chi connectivity index (χ1v) is 8.42. The molecule has 2 amide bonds. The number of likely N-dealkylation sites (N-methyl/N-ethyl adjacent to an activating group) is 1. The molecule has 0 saturated heterocycles. The Morgan fingerprint density at radius 2 is 1.81 bits per heavy atom. The first-order chi connectivity index (χ1) is 12.5. The van der Waals surface area contributed by atoms with Gasteiger partial charge in [0, 0.05) is 17.6 Å². The Kier molecular flexibility index (Phi) is 7.29. The lowest BCUT2D eigenvalue weighted by atomic mass is 10.2. The molecule has 0 saturated carbocycles. The van der Waals surface area contributed by atoms with Crippen LogP contribution in [0.25, 0.3) is 0 Å². The second-order valence-corrected chi connectivity index (χ2v) is 5.97. The average molecular weight is 377 g/mol. The molecule has 2 rings (SSSR count). The van der Waals surface area contributed by atoms with Gasteiger partial charge in [-0.15, -0.1) is 0 Å². The maximum absolute atomic E-state index is 12.1. The highest BCUT2D eigenvalue weighted by Gasteiger charge is 2.12. The van der Waals surface area contributed by atoms with Crippen LogP contribution in [0.5, 0.6) is 11.5 Å². The normalized spacial score (nSPS) is 10.1. The van der Waals surface area contributed by atoms with Crippen molar-refractivity contribution in [2.75, 3.05) is 33.9 Å². The minimum absolute atomic E-state index is 0.0929. The highest BCUT2D eigenvalue weighted by Crippen LogP contribution is 2.16. The van der Waals surface area contributed by atoms with Gasteiger partial charge < -0.3 is 19.7 Å². The minimum atomic E-state index is -0.344. The van der Waals surface area contributed by atoms with E-state index in [0.717, 1.165) is 5.75 Å². The average Bonchev–Trinajstić information content (AvgIpc) is 2.66. The summed E-state index contributed by atoms with van der Waals surface area (Å²) in [4.78, 5) is 25.6. The maximum Gasteiger partial charge on any atom is 0.251 e. The summed E-state index contributed by atoms with van der Waals surface area (Å²) in [5.41, 5.74) is 0.413. The van der Waals surface area contributed by atoms with E-state index < -0.39 is 0 Å². The fraction of sp³-hybridized carbons (Fsp3) is 0.263. The van der Waals surface area contributed by atoms with Crippen molar-refractivity contribution in [3.8, 4) is 11.5 Å². The number of methoxy groups -OCH3 is 1. The van der Waals surface area contributed by atoms with Gasteiger partial charge in [-0.05, 0) is 42.5 Å². The second-order valence-electron chi connectivity index (χ2n) is 5.53. The summed E-state index contributed by atoms with van der Waals surface area (Å²) in [5, 5.41) is 3.05. The van der Waals surface area contributed by atoms with Crippen LogP contribution in [0.15, 0.2) is 48.5 Å². The molecule has 6 nitrogen and oxygen atoms in total. The van der Waals surface area contributed by atoms with Crippen LogP contribution < -0.4 is 14.8 Å². The fourth-order valence-electron chi connectivity index (χ4n) is 2.12. The summed E-state index contributed by atoms with van der Waals surface area (Å²) in [5.74, 6) is 0.892. The van der Waals surface area contributed by atoms with E-state index in [-0.39, 0.29) is 18.4 Å². The lowest BCUT2D eigenvalue weighted by Crippen LogP contribution is -2.39. The smallest absolute Gasteiger partial charge is 0.251 e. The van der Waals surface area contributed by atoms with Gasteiger partial charge in [0.25, 0.3) is 5.91 Å². The van der Waals surface area contributed by atoms with Crippen molar-refractivity contribution >= 4 is 23.4 Å². The van der Waals surface area contributed by atoms with Crippen LogP contribution in [0.3, 0.4) is 0 Å². The zero-order valence-electron chi connectivity index (χ0n) is 14.7. The molecule has 7 heteroatoms. The molecule has 0 radical (unpaired) electrons. The van der Waals surface area contributed by atoms with Gasteiger partial charge in [0.05, 0.1) is 20.2 Å². The monoisotopic (exact) mass is 376 g/mol. The summed E-state index contributed by atoms with van der Waals surface area (Å²) in [7, 11) is 3.26. The third-order valence-corrected chi connectivity index (χ3v) is 3.90. The van der Waals surface area contributed by atoms with Gasteiger partial charge in [-0.2, -0.15) is 0 Å². The lowest BCUT2D eigenvalue weighted by molar-refractivity contribution is -0.129. The predicted octanol–water partition coefficient (Wildman–Crippen LogP) is 2.62. The van der Waals surface area contributed by atoms with Crippen LogP contribution in [0.4, 0.5) is 0 Å². The van der Waals surface area contributed by atoms with Crippen molar-refractivity contribution in [3.05, 3.63) is 59.1 Å².